The second-order valence-corrected chi connectivity index (χ2v) is 4.79. The maximum atomic E-state index is 14.0. The summed E-state index contributed by atoms with van der Waals surface area (Å²) in [4.78, 5) is 24.6. The lowest BCUT2D eigenvalue weighted by Gasteiger charge is -2.11. The van der Waals surface area contributed by atoms with Gasteiger partial charge in [0.15, 0.2) is 17.5 Å². The molecule has 25 heavy (non-hydrogen) atoms. The zero-order valence-corrected chi connectivity index (χ0v) is 13.2. The van der Waals surface area contributed by atoms with Gasteiger partial charge in [0.25, 0.3) is 0 Å². The van der Waals surface area contributed by atoms with Crippen molar-refractivity contribution < 1.29 is 32.0 Å². The first-order valence-corrected chi connectivity index (χ1v) is 7.09. The highest BCUT2D eigenvalue weighted by Gasteiger charge is 2.28. The Balaban J connectivity index is 2.47. The number of ether oxygens (including phenoxy) is 1. The molecule has 0 spiro atoms. The average molecular weight is 354 g/mol. The van der Waals surface area contributed by atoms with Crippen LogP contribution in [0.2, 0.25) is 0 Å². The Morgan fingerprint density at radius 3 is 2.64 bits per heavy atom. The van der Waals surface area contributed by atoms with Crippen molar-refractivity contribution >= 4 is 17.6 Å². The van der Waals surface area contributed by atoms with Crippen molar-refractivity contribution in [3.8, 4) is 0 Å². The van der Waals surface area contributed by atoms with Gasteiger partial charge in [-0.3, -0.25) is 4.79 Å². The molecule has 0 atom stereocenters. The number of Topliss-reactive ketones (excluding diaryl/α,β-unsaturated/α-hetero) is 1. The van der Waals surface area contributed by atoms with Gasteiger partial charge in [-0.2, -0.15) is 0 Å². The number of hydrogen-bond donors (Lipinski definition) is 1. The molecule has 0 aliphatic rings. The maximum absolute atomic E-state index is 14.0. The smallest absolute Gasteiger partial charge is 0.343 e. The first-order chi connectivity index (χ1) is 11.9. The van der Waals surface area contributed by atoms with E-state index in [0.717, 1.165) is 13.1 Å². The van der Waals surface area contributed by atoms with Crippen LogP contribution in [0.5, 0.6) is 0 Å². The Bertz CT molecular complexity index is 832. The molecule has 132 valence electrons. The number of carbonyl (C=O) groups excluding carboxylic acids is 2. The van der Waals surface area contributed by atoms with Crippen LogP contribution < -0.4 is 5.32 Å². The van der Waals surface area contributed by atoms with Crippen LogP contribution in [0, 0.1) is 24.4 Å². The fourth-order valence-corrected chi connectivity index (χ4v) is 1.99. The third-order valence-electron chi connectivity index (χ3n) is 3.18. The largest absolute Gasteiger partial charge is 0.462 e. The molecule has 1 heterocycles. The van der Waals surface area contributed by atoms with Gasteiger partial charge in [-0.05, 0) is 13.8 Å². The molecule has 0 fully saturated rings. The van der Waals surface area contributed by atoms with E-state index < -0.39 is 45.9 Å². The van der Waals surface area contributed by atoms with Crippen LogP contribution in [-0.2, 0) is 9.53 Å². The topological polar surface area (TPSA) is 81.4 Å². The number of nitrogens with one attached hydrogen (secondary N) is 1. The molecule has 1 aromatic carbocycles. The molecule has 0 radical (unpaired) electrons. The predicted octanol–water partition coefficient (Wildman–Crippen LogP) is 3.14. The van der Waals surface area contributed by atoms with Gasteiger partial charge in [-0.1, -0.05) is 5.16 Å². The number of rotatable bonds is 6. The highest BCUT2D eigenvalue weighted by molar-refractivity contribution is 6.24. The zero-order valence-electron chi connectivity index (χ0n) is 13.2. The third kappa shape index (κ3) is 3.87. The minimum atomic E-state index is -1.44. The van der Waals surface area contributed by atoms with Gasteiger partial charge in [0, 0.05) is 23.9 Å². The van der Waals surface area contributed by atoms with Gasteiger partial charge >= 0.3 is 5.97 Å². The first-order valence-electron chi connectivity index (χ1n) is 7.09. The monoisotopic (exact) mass is 354 g/mol. The molecule has 0 saturated carbocycles. The molecule has 0 unspecified atom stereocenters. The second kappa shape index (κ2) is 7.65. The van der Waals surface area contributed by atoms with Gasteiger partial charge in [0.05, 0.1) is 12.2 Å². The minimum Gasteiger partial charge on any atom is -0.462 e. The number of nitrogens with zero attached hydrogens (tertiary/aromatic N) is 1. The molecule has 6 nitrogen and oxygen atoms in total. The van der Waals surface area contributed by atoms with E-state index in [1.807, 2.05) is 0 Å². The molecule has 2 rings (SSSR count). The van der Waals surface area contributed by atoms with E-state index in [-0.39, 0.29) is 18.5 Å². The Morgan fingerprint density at radius 1 is 1.32 bits per heavy atom. The second-order valence-electron chi connectivity index (χ2n) is 4.79. The molecule has 0 amide bonds. The number of aromatic nitrogens is 1. The number of ketones is 1. The van der Waals surface area contributed by atoms with Crippen molar-refractivity contribution in [1.29, 1.82) is 0 Å². The predicted molar refractivity (Wildman–Crippen MR) is 80.2 cm³/mol. The van der Waals surface area contributed by atoms with Crippen LogP contribution in [0.3, 0.4) is 0 Å². The van der Waals surface area contributed by atoms with Gasteiger partial charge < -0.3 is 14.6 Å². The molecule has 0 aliphatic carbocycles. The van der Waals surface area contributed by atoms with E-state index in [2.05, 4.69) is 15.0 Å². The third-order valence-corrected chi connectivity index (χ3v) is 3.18. The zero-order chi connectivity index (χ0) is 18.6. The lowest BCUT2D eigenvalue weighted by Crippen LogP contribution is -2.20. The van der Waals surface area contributed by atoms with Crippen molar-refractivity contribution in [2.75, 3.05) is 11.9 Å². The van der Waals surface area contributed by atoms with Crippen molar-refractivity contribution in [1.82, 2.24) is 5.16 Å². The molecule has 9 heteroatoms. The number of carbonyl (C=O) groups is 2. The SMILES string of the molecule is CCOC(=O)C(=CNc1ccon1)C(=O)c1c(F)cc(F)c(F)c1C. The summed E-state index contributed by atoms with van der Waals surface area (Å²) in [5.74, 6) is -6.17. The first kappa shape index (κ1) is 18.2. The summed E-state index contributed by atoms with van der Waals surface area (Å²) >= 11 is 0. The van der Waals surface area contributed by atoms with Crippen molar-refractivity contribution in [2.24, 2.45) is 0 Å². The number of esters is 1. The fraction of sp³-hybridized carbons (Fsp3) is 0.188. The molecule has 0 bridgehead atoms. The highest BCUT2D eigenvalue weighted by atomic mass is 19.2. The summed E-state index contributed by atoms with van der Waals surface area (Å²) < 4.78 is 50.3. The van der Waals surface area contributed by atoms with E-state index in [4.69, 9.17) is 4.74 Å². The van der Waals surface area contributed by atoms with Crippen LogP contribution in [0.25, 0.3) is 0 Å². The van der Waals surface area contributed by atoms with Crippen LogP contribution in [0.4, 0.5) is 19.0 Å². The van der Waals surface area contributed by atoms with E-state index in [1.54, 1.807) is 0 Å². The molecular formula is C16H13F3N2O4. The molecule has 1 N–H and O–H groups in total. The number of halogens is 3. The van der Waals surface area contributed by atoms with E-state index >= 15 is 0 Å². The molecule has 0 saturated heterocycles. The molecule has 1 aromatic heterocycles. The summed E-state index contributed by atoms with van der Waals surface area (Å²) in [7, 11) is 0. The van der Waals surface area contributed by atoms with E-state index in [9.17, 15) is 22.8 Å². The quantitative estimate of drug-likeness (QED) is 0.214. The average Bonchev–Trinajstić information content (AvgIpc) is 3.06. The summed E-state index contributed by atoms with van der Waals surface area (Å²) in [6, 6.07) is 1.64. The van der Waals surface area contributed by atoms with Crippen molar-refractivity contribution in [3.63, 3.8) is 0 Å². The normalized spacial score (nSPS) is 11.3. The molecule has 2 aromatic rings. The highest BCUT2D eigenvalue weighted by Crippen LogP contribution is 2.23. The van der Waals surface area contributed by atoms with Crippen molar-refractivity contribution in [3.05, 3.63) is 58.7 Å². The maximum Gasteiger partial charge on any atom is 0.343 e. The van der Waals surface area contributed by atoms with Gasteiger partial charge in [-0.15, -0.1) is 0 Å². The van der Waals surface area contributed by atoms with Crippen LogP contribution >= 0.6 is 0 Å². The summed E-state index contributed by atoms with van der Waals surface area (Å²) in [5.41, 5.74) is -1.93. The van der Waals surface area contributed by atoms with Gasteiger partial charge in [-0.25, -0.2) is 18.0 Å². The number of benzene rings is 1. The summed E-state index contributed by atoms with van der Waals surface area (Å²) in [6.07, 6.45) is 2.17. The Labute approximate surface area is 140 Å². The molecular weight excluding hydrogens is 341 g/mol. The Hall–Kier alpha value is -3.10. The number of hydrogen-bond acceptors (Lipinski definition) is 6. The van der Waals surface area contributed by atoms with Gasteiger partial charge in [0.1, 0.15) is 17.7 Å². The number of anilines is 1. The van der Waals surface area contributed by atoms with Crippen molar-refractivity contribution in [2.45, 2.75) is 13.8 Å². The van der Waals surface area contributed by atoms with Gasteiger partial charge in [0.2, 0.25) is 5.78 Å². The van der Waals surface area contributed by atoms with Crippen LogP contribution in [-0.4, -0.2) is 23.5 Å². The lowest BCUT2D eigenvalue weighted by atomic mass is 9.98. The summed E-state index contributed by atoms with van der Waals surface area (Å²) in [6.45, 7) is 2.49. The van der Waals surface area contributed by atoms with Crippen LogP contribution in [0.1, 0.15) is 22.8 Å². The Morgan fingerprint density at radius 2 is 2.04 bits per heavy atom. The van der Waals surface area contributed by atoms with E-state index in [0.29, 0.717) is 0 Å². The Kier molecular flexibility index (Phi) is 5.58. The minimum absolute atomic E-state index is 0.0490. The van der Waals surface area contributed by atoms with E-state index in [1.165, 1.54) is 19.3 Å². The van der Waals surface area contributed by atoms with Crippen LogP contribution in [0.15, 0.2) is 34.7 Å². The molecule has 0 aliphatic heterocycles. The fourth-order valence-electron chi connectivity index (χ4n) is 1.99. The summed E-state index contributed by atoms with van der Waals surface area (Å²) in [5, 5.41) is 6.01. The standard InChI is InChI=1S/C16H13F3N2O4/c1-3-24-16(23)9(7-20-12-4-5-25-21-12)15(22)13-8(2)14(19)11(18)6-10(13)17/h4-7H,3H2,1-2H3,(H,20,21). The lowest BCUT2D eigenvalue weighted by molar-refractivity contribution is -0.138.